The summed E-state index contributed by atoms with van der Waals surface area (Å²) >= 11 is 0. The number of ether oxygens (including phenoxy) is 2. The molecule has 132 valence electrons. The predicted molar refractivity (Wildman–Crippen MR) is 91.0 cm³/mol. The highest BCUT2D eigenvalue weighted by atomic mass is 16.5. The minimum absolute atomic E-state index is 0.0654. The van der Waals surface area contributed by atoms with Crippen molar-refractivity contribution < 1.29 is 19.1 Å². The lowest BCUT2D eigenvalue weighted by atomic mass is 10.1. The summed E-state index contributed by atoms with van der Waals surface area (Å²) < 4.78 is 10.5. The van der Waals surface area contributed by atoms with Gasteiger partial charge in [0.1, 0.15) is 0 Å². The summed E-state index contributed by atoms with van der Waals surface area (Å²) in [5.74, 6) is 0.993. The number of amides is 2. The van der Waals surface area contributed by atoms with Crippen molar-refractivity contribution in [3.05, 3.63) is 23.8 Å². The number of methoxy groups -OCH3 is 2. The third kappa shape index (κ3) is 3.99. The fourth-order valence-electron chi connectivity index (χ4n) is 2.88. The summed E-state index contributed by atoms with van der Waals surface area (Å²) in [6.07, 6.45) is 1.19. The van der Waals surface area contributed by atoms with Gasteiger partial charge in [-0.2, -0.15) is 0 Å². The molecule has 1 heterocycles. The van der Waals surface area contributed by atoms with Crippen molar-refractivity contribution in [3.8, 4) is 11.5 Å². The molecule has 0 aromatic heterocycles. The van der Waals surface area contributed by atoms with Crippen molar-refractivity contribution >= 4 is 11.8 Å². The van der Waals surface area contributed by atoms with E-state index in [0.717, 1.165) is 12.0 Å². The van der Waals surface area contributed by atoms with Gasteiger partial charge in [0.25, 0.3) is 0 Å². The number of hydrogen-bond donors (Lipinski definition) is 1. The molecule has 1 aliphatic rings. The average molecular weight is 334 g/mol. The van der Waals surface area contributed by atoms with Gasteiger partial charge < -0.3 is 19.7 Å². The summed E-state index contributed by atoms with van der Waals surface area (Å²) in [6, 6.07) is 5.71. The van der Waals surface area contributed by atoms with Crippen molar-refractivity contribution in [3.63, 3.8) is 0 Å². The Hall–Kier alpha value is -2.24. The van der Waals surface area contributed by atoms with E-state index in [1.165, 1.54) is 0 Å². The Kier molecular flexibility index (Phi) is 6.06. The molecule has 2 unspecified atom stereocenters. The van der Waals surface area contributed by atoms with Crippen LogP contribution < -0.4 is 14.8 Å². The van der Waals surface area contributed by atoms with Gasteiger partial charge in [0.2, 0.25) is 11.8 Å². The van der Waals surface area contributed by atoms with Crippen LogP contribution >= 0.6 is 0 Å². The molecule has 0 spiro atoms. The van der Waals surface area contributed by atoms with Crippen LogP contribution in [0, 0.1) is 5.92 Å². The van der Waals surface area contributed by atoms with Crippen molar-refractivity contribution in [1.82, 2.24) is 10.2 Å². The average Bonchev–Trinajstić information content (AvgIpc) is 3.00. The minimum Gasteiger partial charge on any atom is -0.493 e. The monoisotopic (exact) mass is 334 g/mol. The maximum absolute atomic E-state index is 12.4. The normalized spacial score (nSPS) is 18.4. The Labute approximate surface area is 143 Å². The lowest BCUT2D eigenvalue weighted by Crippen LogP contribution is -2.36. The van der Waals surface area contributed by atoms with Gasteiger partial charge in [0, 0.05) is 25.6 Å². The molecule has 0 bridgehead atoms. The first-order valence-corrected chi connectivity index (χ1v) is 8.28. The zero-order chi connectivity index (χ0) is 17.7. The fraction of sp³-hybridized carbons (Fsp3) is 0.556. The standard InChI is InChI=1S/C18H26N2O4/c1-5-12(2)20-11-14(9-17(20)21)18(22)19-10-13-6-7-15(23-3)16(8-13)24-4/h6-8,12,14H,5,9-11H2,1-4H3,(H,19,22). The highest BCUT2D eigenvalue weighted by molar-refractivity contribution is 5.89. The summed E-state index contributed by atoms with van der Waals surface area (Å²) in [7, 11) is 3.16. The van der Waals surface area contributed by atoms with Crippen molar-refractivity contribution in [2.24, 2.45) is 5.92 Å². The van der Waals surface area contributed by atoms with Gasteiger partial charge in [-0.3, -0.25) is 9.59 Å². The number of nitrogens with zero attached hydrogens (tertiary/aromatic N) is 1. The molecule has 1 saturated heterocycles. The van der Waals surface area contributed by atoms with Gasteiger partial charge in [0.05, 0.1) is 20.1 Å². The van der Waals surface area contributed by atoms with E-state index in [0.29, 0.717) is 31.0 Å². The fourth-order valence-corrected chi connectivity index (χ4v) is 2.88. The van der Waals surface area contributed by atoms with E-state index in [9.17, 15) is 9.59 Å². The largest absolute Gasteiger partial charge is 0.493 e. The topological polar surface area (TPSA) is 67.9 Å². The molecule has 0 saturated carbocycles. The number of benzene rings is 1. The Morgan fingerprint density at radius 1 is 1.33 bits per heavy atom. The lowest BCUT2D eigenvalue weighted by molar-refractivity contribution is -0.130. The SMILES string of the molecule is CCC(C)N1CC(C(=O)NCc2ccc(OC)c(OC)c2)CC1=O. The van der Waals surface area contributed by atoms with Gasteiger partial charge in [-0.25, -0.2) is 0 Å². The predicted octanol–water partition coefficient (Wildman–Crippen LogP) is 1.97. The zero-order valence-corrected chi connectivity index (χ0v) is 14.8. The molecule has 1 fully saturated rings. The Balaban J connectivity index is 1.93. The second-order valence-electron chi connectivity index (χ2n) is 6.11. The highest BCUT2D eigenvalue weighted by Gasteiger charge is 2.35. The first-order chi connectivity index (χ1) is 11.5. The van der Waals surface area contributed by atoms with Gasteiger partial charge >= 0.3 is 0 Å². The van der Waals surface area contributed by atoms with Gasteiger partial charge in [0.15, 0.2) is 11.5 Å². The summed E-state index contributed by atoms with van der Waals surface area (Å²) in [5, 5.41) is 2.91. The van der Waals surface area contributed by atoms with E-state index < -0.39 is 0 Å². The van der Waals surface area contributed by atoms with Crippen LogP contribution in [0.25, 0.3) is 0 Å². The molecule has 2 atom stereocenters. The molecule has 2 rings (SSSR count). The molecule has 1 aliphatic heterocycles. The molecule has 0 aliphatic carbocycles. The van der Waals surface area contributed by atoms with Crippen LogP contribution in [-0.4, -0.2) is 43.5 Å². The Morgan fingerprint density at radius 2 is 2.04 bits per heavy atom. The quantitative estimate of drug-likeness (QED) is 0.828. The van der Waals surface area contributed by atoms with E-state index in [1.54, 1.807) is 19.1 Å². The summed E-state index contributed by atoms with van der Waals surface area (Å²) in [4.78, 5) is 26.2. The van der Waals surface area contributed by atoms with Crippen LogP contribution in [0.2, 0.25) is 0 Å². The third-order valence-electron chi connectivity index (χ3n) is 4.57. The smallest absolute Gasteiger partial charge is 0.225 e. The third-order valence-corrected chi connectivity index (χ3v) is 4.57. The van der Waals surface area contributed by atoms with Crippen LogP contribution in [0.5, 0.6) is 11.5 Å². The Morgan fingerprint density at radius 3 is 2.67 bits per heavy atom. The minimum atomic E-state index is -0.272. The molecular weight excluding hydrogens is 308 g/mol. The van der Waals surface area contributed by atoms with E-state index >= 15 is 0 Å². The molecule has 24 heavy (non-hydrogen) atoms. The molecule has 2 amide bonds. The maximum atomic E-state index is 12.4. The van der Waals surface area contributed by atoms with Crippen molar-refractivity contribution in [1.29, 1.82) is 0 Å². The highest BCUT2D eigenvalue weighted by Crippen LogP contribution is 2.27. The van der Waals surface area contributed by atoms with Crippen LogP contribution in [0.4, 0.5) is 0 Å². The zero-order valence-electron chi connectivity index (χ0n) is 14.8. The number of hydrogen-bond acceptors (Lipinski definition) is 4. The second-order valence-corrected chi connectivity index (χ2v) is 6.11. The molecular formula is C18H26N2O4. The van der Waals surface area contributed by atoms with Gasteiger partial charge in [-0.1, -0.05) is 13.0 Å². The van der Waals surface area contributed by atoms with Gasteiger partial charge in [-0.05, 0) is 31.0 Å². The molecule has 6 heteroatoms. The van der Waals surface area contributed by atoms with Crippen molar-refractivity contribution in [2.45, 2.75) is 39.3 Å². The number of likely N-dealkylation sites (tertiary alicyclic amines) is 1. The molecule has 1 aromatic rings. The van der Waals surface area contributed by atoms with E-state index in [-0.39, 0.29) is 23.8 Å². The van der Waals surface area contributed by atoms with E-state index in [4.69, 9.17) is 9.47 Å². The number of carbonyl (C=O) groups is 2. The van der Waals surface area contributed by atoms with Crippen LogP contribution in [-0.2, 0) is 16.1 Å². The number of rotatable bonds is 7. The van der Waals surface area contributed by atoms with E-state index in [2.05, 4.69) is 5.32 Å². The maximum Gasteiger partial charge on any atom is 0.225 e. The summed E-state index contributed by atoms with van der Waals surface area (Å²) in [5.41, 5.74) is 0.920. The second kappa shape index (κ2) is 8.04. The molecule has 1 aromatic carbocycles. The van der Waals surface area contributed by atoms with Crippen LogP contribution in [0.1, 0.15) is 32.3 Å². The van der Waals surface area contributed by atoms with Gasteiger partial charge in [-0.15, -0.1) is 0 Å². The van der Waals surface area contributed by atoms with E-state index in [1.807, 2.05) is 32.0 Å². The number of carbonyl (C=O) groups excluding carboxylic acids is 2. The number of nitrogens with one attached hydrogen (secondary N) is 1. The van der Waals surface area contributed by atoms with Crippen LogP contribution in [0.3, 0.4) is 0 Å². The molecule has 6 nitrogen and oxygen atoms in total. The molecule has 1 N–H and O–H groups in total. The lowest BCUT2D eigenvalue weighted by Gasteiger charge is -2.23. The first-order valence-electron chi connectivity index (χ1n) is 8.28. The summed E-state index contributed by atoms with van der Waals surface area (Å²) in [6.45, 7) is 4.96. The Bertz CT molecular complexity index is 603. The first kappa shape index (κ1) is 18.1. The molecule has 0 radical (unpaired) electrons. The van der Waals surface area contributed by atoms with Crippen LogP contribution in [0.15, 0.2) is 18.2 Å². The van der Waals surface area contributed by atoms with Crippen molar-refractivity contribution in [2.75, 3.05) is 20.8 Å².